The number of benzene rings is 3. The van der Waals surface area contributed by atoms with Gasteiger partial charge in [0.25, 0.3) is 16.0 Å². The Bertz CT molecular complexity index is 1580. The van der Waals surface area contributed by atoms with E-state index in [-0.39, 0.29) is 29.7 Å². The van der Waals surface area contributed by atoms with Crippen LogP contribution in [0, 0.1) is 23.2 Å². The highest BCUT2D eigenvalue weighted by molar-refractivity contribution is 7.85. The Morgan fingerprint density at radius 1 is 0.956 bits per heavy atom. The minimum atomic E-state index is -4.16. The molecule has 1 saturated carbocycles. The van der Waals surface area contributed by atoms with Crippen molar-refractivity contribution in [1.82, 2.24) is 5.32 Å². The largest absolute Gasteiger partial charge is 0.351 e. The van der Waals surface area contributed by atoms with Gasteiger partial charge in [-0.2, -0.15) is 8.42 Å². The van der Waals surface area contributed by atoms with Crippen molar-refractivity contribution in [2.75, 3.05) is 17.6 Å². The highest BCUT2D eigenvalue weighted by atomic mass is 35.5. The van der Waals surface area contributed by atoms with Gasteiger partial charge in [-0.25, -0.2) is 0 Å². The molecule has 3 aromatic carbocycles. The monoisotopic (exact) mass is 672 g/mol. The van der Waals surface area contributed by atoms with E-state index in [2.05, 4.69) is 31.4 Å². The summed E-state index contributed by atoms with van der Waals surface area (Å²) in [6.07, 6.45) is 5.80. The second-order valence-corrected chi connectivity index (χ2v) is 15.1. The Hall–Kier alpha value is -2.91. The molecule has 1 fully saturated rings. The van der Waals surface area contributed by atoms with Crippen LogP contribution in [0.25, 0.3) is 11.1 Å². The van der Waals surface area contributed by atoms with Crippen LogP contribution in [-0.4, -0.2) is 37.1 Å². The van der Waals surface area contributed by atoms with Crippen molar-refractivity contribution in [2.24, 2.45) is 23.2 Å². The summed E-state index contributed by atoms with van der Waals surface area (Å²) < 4.78 is 30.8. The molecule has 1 atom stereocenters. The first-order valence-corrected chi connectivity index (χ1v) is 17.8. The fraction of sp³-hybridized carbons (Fsp3) is 0.429. The van der Waals surface area contributed by atoms with Gasteiger partial charge in [0.2, 0.25) is 5.91 Å². The molecule has 1 aliphatic rings. The summed E-state index contributed by atoms with van der Waals surface area (Å²) in [5, 5.41) is 6.78. The molecule has 0 saturated heterocycles. The topological polar surface area (TPSA) is 113 Å². The van der Waals surface area contributed by atoms with Crippen LogP contribution in [0.4, 0.5) is 5.69 Å². The maximum absolute atomic E-state index is 13.9. The SMILES string of the molecule is CCC(C)(C)[C@H]1CC[C@H](C(Cc2ccc(C(=O)NCCS(=O)(=O)O)cc2)C(=O)Nc2ccc(-c3ccc(Cl)cc3Cl)cc2)CC1. The van der Waals surface area contributed by atoms with Gasteiger partial charge in [0.1, 0.15) is 0 Å². The smallest absolute Gasteiger partial charge is 0.266 e. The first kappa shape index (κ1) is 35.0. The number of amides is 2. The van der Waals surface area contributed by atoms with Crippen LogP contribution in [-0.2, 0) is 21.3 Å². The zero-order chi connectivity index (χ0) is 32.8. The van der Waals surface area contributed by atoms with Crippen LogP contribution < -0.4 is 10.6 Å². The number of nitrogens with one attached hydrogen (secondary N) is 2. The molecule has 4 rings (SSSR count). The Morgan fingerprint density at radius 3 is 2.18 bits per heavy atom. The molecule has 0 aromatic heterocycles. The summed E-state index contributed by atoms with van der Waals surface area (Å²) in [5.41, 5.74) is 4.07. The van der Waals surface area contributed by atoms with E-state index < -0.39 is 21.8 Å². The van der Waals surface area contributed by atoms with Gasteiger partial charge in [-0.05, 0) is 96.9 Å². The minimum absolute atomic E-state index is 0.0301. The standard InChI is InChI=1S/C35H42Cl2N2O5S/c1-4-35(2,3)27-13-9-25(10-14-27)31(21-23-5-7-26(8-6-23)33(40)38-19-20-45(42,43)44)34(41)39-29-16-11-24(12-17-29)30-18-15-28(36)22-32(30)37/h5-8,11-12,15-18,22,25,27,31H,4,9-10,13-14,19-21H2,1-3H3,(H,38,40)(H,39,41)(H,42,43,44)/t25-,27-,31?. The zero-order valence-corrected chi connectivity index (χ0v) is 28.3. The fourth-order valence-electron chi connectivity index (χ4n) is 6.20. The van der Waals surface area contributed by atoms with Gasteiger partial charge in [-0.1, -0.05) is 80.7 Å². The first-order chi connectivity index (χ1) is 21.3. The Labute approximate surface area is 276 Å². The van der Waals surface area contributed by atoms with Crippen LogP contribution in [0.1, 0.15) is 68.8 Å². The Kier molecular flexibility index (Phi) is 11.7. The predicted molar refractivity (Wildman–Crippen MR) is 182 cm³/mol. The van der Waals surface area contributed by atoms with E-state index in [0.29, 0.717) is 33.6 Å². The van der Waals surface area contributed by atoms with E-state index >= 15 is 0 Å². The third-order valence-electron chi connectivity index (χ3n) is 9.41. The number of hydrogen-bond acceptors (Lipinski definition) is 4. The number of halogens is 2. The third kappa shape index (κ3) is 9.79. The lowest BCUT2D eigenvalue weighted by Gasteiger charge is -2.40. The summed E-state index contributed by atoms with van der Waals surface area (Å²) in [6.45, 7) is 6.73. The molecule has 0 heterocycles. The second kappa shape index (κ2) is 15.1. The molecule has 0 spiro atoms. The van der Waals surface area contributed by atoms with Crippen LogP contribution in [0.2, 0.25) is 10.0 Å². The molecule has 0 aliphatic heterocycles. The molecule has 1 unspecified atom stereocenters. The Balaban J connectivity index is 1.48. The summed E-state index contributed by atoms with van der Waals surface area (Å²) in [5.74, 6) is -0.409. The van der Waals surface area contributed by atoms with Crippen molar-refractivity contribution in [1.29, 1.82) is 0 Å². The third-order valence-corrected chi connectivity index (χ3v) is 10.7. The lowest BCUT2D eigenvalue weighted by Crippen LogP contribution is -2.36. The lowest BCUT2D eigenvalue weighted by molar-refractivity contribution is -0.122. The predicted octanol–water partition coefficient (Wildman–Crippen LogP) is 8.32. The summed E-state index contributed by atoms with van der Waals surface area (Å²) >= 11 is 12.5. The highest BCUT2D eigenvalue weighted by Crippen LogP contribution is 2.44. The van der Waals surface area contributed by atoms with Crippen LogP contribution in [0.15, 0.2) is 66.7 Å². The molecule has 10 heteroatoms. The molecule has 242 valence electrons. The summed E-state index contributed by atoms with van der Waals surface area (Å²) in [4.78, 5) is 26.3. The zero-order valence-electron chi connectivity index (χ0n) is 26.0. The molecule has 7 nitrogen and oxygen atoms in total. The van der Waals surface area contributed by atoms with Gasteiger partial charge in [0, 0.05) is 39.3 Å². The van der Waals surface area contributed by atoms with Crippen molar-refractivity contribution in [3.63, 3.8) is 0 Å². The van der Waals surface area contributed by atoms with Gasteiger partial charge in [0.05, 0.1) is 5.75 Å². The van der Waals surface area contributed by atoms with Gasteiger partial charge in [-0.15, -0.1) is 0 Å². The number of carbonyl (C=O) groups excluding carboxylic acids is 2. The van der Waals surface area contributed by atoms with E-state index in [1.165, 1.54) is 0 Å². The molecule has 0 radical (unpaired) electrons. The number of hydrogen-bond donors (Lipinski definition) is 3. The number of rotatable bonds is 12. The maximum Gasteiger partial charge on any atom is 0.266 e. The van der Waals surface area contributed by atoms with Crippen LogP contribution >= 0.6 is 23.2 Å². The average molecular weight is 674 g/mol. The molecule has 3 aromatic rings. The quantitative estimate of drug-likeness (QED) is 0.168. The number of carbonyl (C=O) groups is 2. The molecule has 3 N–H and O–H groups in total. The van der Waals surface area contributed by atoms with E-state index in [1.54, 1.807) is 24.3 Å². The molecule has 1 aliphatic carbocycles. The second-order valence-electron chi connectivity index (χ2n) is 12.7. The fourth-order valence-corrected chi connectivity index (χ4v) is 7.08. The van der Waals surface area contributed by atoms with Gasteiger partial charge in [0.15, 0.2) is 0 Å². The van der Waals surface area contributed by atoms with Crippen molar-refractivity contribution in [3.8, 4) is 11.1 Å². The lowest BCUT2D eigenvalue weighted by atomic mass is 9.65. The van der Waals surface area contributed by atoms with Crippen molar-refractivity contribution >= 4 is 50.8 Å². The van der Waals surface area contributed by atoms with E-state index in [4.69, 9.17) is 27.8 Å². The van der Waals surface area contributed by atoms with Gasteiger partial charge >= 0.3 is 0 Å². The number of anilines is 1. The van der Waals surface area contributed by atoms with Crippen molar-refractivity contribution < 1.29 is 22.6 Å². The molecular weight excluding hydrogens is 631 g/mol. The van der Waals surface area contributed by atoms with Gasteiger partial charge < -0.3 is 10.6 Å². The molecular formula is C35H42Cl2N2O5S. The van der Waals surface area contributed by atoms with E-state index in [1.807, 2.05) is 42.5 Å². The van der Waals surface area contributed by atoms with E-state index in [9.17, 15) is 18.0 Å². The molecule has 45 heavy (non-hydrogen) atoms. The van der Waals surface area contributed by atoms with Gasteiger partial charge in [-0.3, -0.25) is 14.1 Å². The normalized spacial score (nSPS) is 17.8. The Morgan fingerprint density at radius 2 is 1.60 bits per heavy atom. The van der Waals surface area contributed by atoms with Crippen molar-refractivity contribution in [2.45, 2.75) is 59.3 Å². The summed E-state index contributed by atoms with van der Waals surface area (Å²) in [7, 11) is -4.16. The summed E-state index contributed by atoms with van der Waals surface area (Å²) in [6, 6.07) is 20.0. The van der Waals surface area contributed by atoms with E-state index in [0.717, 1.165) is 48.8 Å². The first-order valence-electron chi connectivity index (χ1n) is 15.4. The van der Waals surface area contributed by atoms with Crippen LogP contribution in [0.5, 0.6) is 0 Å². The maximum atomic E-state index is 13.9. The molecule has 2 amide bonds. The highest BCUT2D eigenvalue weighted by Gasteiger charge is 2.36. The minimum Gasteiger partial charge on any atom is -0.351 e. The van der Waals surface area contributed by atoms with Crippen molar-refractivity contribution in [3.05, 3.63) is 87.9 Å². The molecule has 0 bridgehead atoms. The average Bonchev–Trinajstić information content (AvgIpc) is 3.00. The van der Waals surface area contributed by atoms with Crippen LogP contribution in [0.3, 0.4) is 0 Å².